The van der Waals surface area contributed by atoms with Gasteiger partial charge < -0.3 is 15.2 Å². The molecule has 2 aromatic carbocycles. The first-order valence-corrected chi connectivity index (χ1v) is 9.86. The van der Waals surface area contributed by atoms with E-state index < -0.39 is 6.10 Å². The lowest BCUT2D eigenvalue weighted by molar-refractivity contribution is 0.102. The van der Waals surface area contributed by atoms with E-state index in [0.717, 1.165) is 43.1 Å². The van der Waals surface area contributed by atoms with Crippen LogP contribution in [0.5, 0.6) is 5.75 Å². The summed E-state index contributed by atoms with van der Waals surface area (Å²) in [6.45, 7) is 11.6. The number of hydrogen-bond donors (Lipinski definition) is 2. The number of rotatable bonds is 6. The summed E-state index contributed by atoms with van der Waals surface area (Å²) < 4.78 is 6.11. The summed E-state index contributed by atoms with van der Waals surface area (Å²) in [6, 6.07) is 16.4. The van der Waals surface area contributed by atoms with Crippen LogP contribution in [-0.2, 0) is 12.0 Å². The number of hydrogen-bond acceptors (Lipinski definition) is 4. The van der Waals surface area contributed by atoms with Gasteiger partial charge in [0, 0.05) is 38.3 Å². The summed E-state index contributed by atoms with van der Waals surface area (Å²) in [5.74, 6) is 0.773. The van der Waals surface area contributed by atoms with Crippen LogP contribution in [0, 0.1) is 0 Å². The minimum Gasteiger partial charge on any atom is -0.489 e. The van der Waals surface area contributed by atoms with Crippen molar-refractivity contribution in [1.29, 1.82) is 0 Å². The van der Waals surface area contributed by atoms with Crippen molar-refractivity contribution >= 4 is 0 Å². The zero-order chi connectivity index (χ0) is 19.3. The van der Waals surface area contributed by atoms with Gasteiger partial charge >= 0.3 is 0 Å². The largest absolute Gasteiger partial charge is 0.489 e. The Kier molecular flexibility index (Phi) is 6.53. The van der Waals surface area contributed by atoms with Crippen molar-refractivity contribution in [2.45, 2.75) is 38.9 Å². The van der Waals surface area contributed by atoms with Gasteiger partial charge in [0.05, 0.1) is 6.10 Å². The van der Waals surface area contributed by atoms with E-state index in [-0.39, 0.29) is 5.41 Å². The SMILES string of the molecule is CC(C)(C)c1ccc(OCc2ccccc2)c(C(O)CN2CCNCC2)c1. The van der Waals surface area contributed by atoms with Crippen LogP contribution >= 0.6 is 0 Å². The van der Waals surface area contributed by atoms with Crippen LogP contribution in [0.1, 0.15) is 43.6 Å². The van der Waals surface area contributed by atoms with Gasteiger partial charge in [0.2, 0.25) is 0 Å². The van der Waals surface area contributed by atoms with E-state index in [1.165, 1.54) is 5.56 Å². The Morgan fingerprint density at radius 3 is 2.44 bits per heavy atom. The molecule has 4 heteroatoms. The second-order valence-electron chi connectivity index (χ2n) is 8.34. The molecule has 1 aliphatic heterocycles. The maximum atomic E-state index is 11.0. The highest BCUT2D eigenvalue weighted by Gasteiger charge is 2.22. The Bertz CT molecular complexity index is 719. The molecule has 0 bridgehead atoms. The highest BCUT2D eigenvalue weighted by molar-refractivity contribution is 5.41. The van der Waals surface area contributed by atoms with Crippen molar-refractivity contribution in [3.05, 3.63) is 65.2 Å². The van der Waals surface area contributed by atoms with Gasteiger partial charge in [-0.15, -0.1) is 0 Å². The fourth-order valence-corrected chi connectivity index (χ4v) is 3.38. The van der Waals surface area contributed by atoms with Crippen molar-refractivity contribution < 1.29 is 9.84 Å². The molecule has 0 radical (unpaired) electrons. The molecule has 0 saturated carbocycles. The third kappa shape index (κ3) is 5.55. The van der Waals surface area contributed by atoms with Gasteiger partial charge in [-0.25, -0.2) is 0 Å². The number of nitrogens with one attached hydrogen (secondary N) is 1. The number of nitrogens with zero attached hydrogens (tertiary/aromatic N) is 1. The second kappa shape index (κ2) is 8.87. The summed E-state index contributed by atoms with van der Waals surface area (Å²) in [6.07, 6.45) is -0.559. The molecule has 0 spiro atoms. The molecule has 3 rings (SSSR count). The highest BCUT2D eigenvalue weighted by atomic mass is 16.5. The average Bonchev–Trinajstić information content (AvgIpc) is 2.67. The lowest BCUT2D eigenvalue weighted by Gasteiger charge is -2.30. The van der Waals surface area contributed by atoms with Gasteiger partial charge in [-0.1, -0.05) is 57.2 Å². The first-order valence-electron chi connectivity index (χ1n) is 9.86. The molecule has 1 heterocycles. The molecule has 146 valence electrons. The van der Waals surface area contributed by atoms with E-state index in [0.29, 0.717) is 13.2 Å². The lowest BCUT2D eigenvalue weighted by Crippen LogP contribution is -2.45. The number of benzene rings is 2. The Morgan fingerprint density at radius 1 is 1.07 bits per heavy atom. The van der Waals surface area contributed by atoms with Gasteiger partial charge in [0.25, 0.3) is 0 Å². The third-order valence-electron chi connectivity index (χ3n) is 5.11. The molecular formula is C23H32N2O2. The van der Waals surface area contributed by atoms with E-state index >= 15 is 0 Å². The first kappa shape index (κ1) is 19.9. The van der Waals surface area contributed by atoms with E-state index in [1.54, 1.807) is 0 Å². The number of piperazine rings is 1. The minimum absolute atomic E-state index is 0.0292. The molecule has 1 aliphatic rings. The average molecular weight is 369 g/mol. The number of aliphatic hydroxyl groups is 1. The number of aliphatic hydroxyl groups excluding tert-OH is 1. The Hall–Kier alpha value is -1.88. The van der Waals surface area contributed by atoms with Crippen molar-refractivity contribution in [2.24, 2.45) is 0 Å². The summed E-state index contributed by atoms with van der Waals surface area (Å²) in [5, 5.41) is 14.4. The molecule has 27 heavy (non-hydrogen) atoms. The van der Waals surface area contributed by atoms with E-state index in [1.807, 2.05) is 24.3 Å². The Balaban J connectivity index is 1.80. The summed E-state index contributed by atoms with van der Waals surface area (Å²) >= 11 is 0. The molecule has 2 N–H and O–H groups in total. The molecular weight excluding hydrogens is 336 g/mol. The molecule has 4 nitrogen and oxygen atoms in total. The zero-order valence-electron chi connectivity index (χ0n) is 16.7. The lowest BCUT2D eigenvalue weighted by atomic mass is 9.85. The predicted molar refractivity (Wildman–Crippen MR) is 110 cm³/mol. The van der Waals surface area contributed by atoms with Gasteiger partial charge in [-0.3, -0.25) is 4.90 Å². The Labute approximate surface area is 163 Å². The molecule has 1 saturated heterocycles. The normalized spacial score (nSPS) is 16.9. The minimum atomic E-state index is -0.559. The van der Waals surface area contributed by atoms with Gasteiger partial charge in [0.1, 0.15) is 12.4 Å². The predicted octanol–water partition coefficient (Wildman–Crippen LogP) is 3.50. The van der Waals surface area contributed by atoms with Crippen molar-refractivity contribution in [2.75, 3.05) is 32.7 Å². The fourth-order valence-electron chi connectivity index (χ4n) is 3.38. The molecule has 1 unspecified atom stereocenters. The number of ether oxygens (including phenoxy) is 1. The van der Waals surface area contributed by atoms with Crippen LogP contribution in [0.15, 0.2) is 48.5 Å². The van der Waals surface area contributed by atoms with Crippen LogP contribution in [0.4, 0.5) is 0 Å². The van der Waals surface area contributed by atoms with Crippen LogP contribution < -0.4 is 10.1 Å². The molecule has 0 aromatic heterocycles. The van der Waals surface area contributed by atoms with Crippen molar-refractivity contribution in [1.82, 2.24) is 10.2 Å². The smallest absolute Gasteiger partial charge is 0.125 e. The molecule has 0 aliphatic carbocycles. The standard InChI is InChI=1S/C23H32N2O2/c1-23(2,3)19-9-10-22(27-17-18-7-5-4-6-8-18)20(15-19)21(26)16-25-13-11-24-12-14-25/h4-10,15,21,24,26H,11-14,16-17H2,1-3H3. The second-order valence-corrected chi connectivity index (χ2v) is 8.34. The fraction of sp³-hybridized carbons (Fsp3) is 0.478. The third-order valence-corrected chi connectivity index (χ3v) is 5.11. The first-order chi connectivity index (χ1) is 12.9. The van der Waals surface area contributed by atoms with E-state index in [2.05, 4.69) is 55.3 Å². The molecule has 1 fully saturated rings. The zero-order valence-corrected chi connectivity index (χ0v) is 16.7. The highest BCUT2D eigenvalue weighted by Crippen LogP contribution is 2.32. The van der Waals surface area contributed by atoms with Crippen LogP contribution in [0.25, 0.3) is 0 Å². The van der Waals surface area contributed by atoms with E-state index in [4.69, 9.17) is 4.74 Å². The number of β-amino-alcohol motifs (C(OH)–C–C–N with tert-alkyl or cyclic N) is 1. The molecule has 1 atom stereocenters. The summed E-state index contributed by atoms with van der Waals surface area (Å²) in [4.78, 5) is 2.31. The molecule has 0 amide bonds. The van der Waals surface area contributed by atoms with Gasteiger partial charge in [-0.05, 0) is 28.7 Å². The maximum absolute atomic E-state index is 11.0. The van der Waals surface area contributed by atoms with Crippen LogP contribution in [0.2, 0.25) is 0 Å². The topological polar surface area (TPSA) is 44.7 Å². The molecule has 2 aromatic rings. The summed E-state index contributed by atoms with van der Waals surface area (Å²) in [5.41, 5.74) is 3.25. The summed E-state index contributed by atoms with van der Waals surface area (Å²) in [7, 11) is 0. The monoisotopic (exact) mass is 368 g/mol. The quantitative estimate of drug-likeness (QED) is 0.819. The van der Waals surface area contributed by atoms with Crippen molar-refractivity contribution in [3.63, 3.8) is 0 Å². The van der Waals surface area contributed by atoms with Crippen molar-refractivity contribution in [3.8, 4) is 5.75 Å². The van der Waals surface area contributed by atoms with Gasteiger partial charge in [-0.2, -0.15) is 0 Å². The van der Waals surface area contributed by atoms with E-state index in [9.17, 15) is 5.11 Å². The van der Waals surface area contributed by atoms with Gasteiger partial charge in [0.15, 0.2) is 0 Å². The van der Waals surface area contributed by atoms with Crippen LogP contribution in [-0.4, -0.2) is 42.7 Å². The maximum Gasteiger partial charge on any atom is 0.125 e. The van der Waals surface area contributed by atoms with Crippen LogP contribution in [0.3, 0.4) is 0 Å². The Morgan fingerprint density at radius 2 is 1.78 bits per heavy atom.